The summed E-state index contributed by atoms with van der Waals surface area (Å²) in [6.07, 6.45) is 2.62. The third kappa shape index (κ3) is 5.07. The minimum absolute atomic E-state index is 0.0377. The number of amides is 1. The Morgan fingerprint density at radius 1 is 1.36 bits per heavy atom. The van der Waals surface area contributed by atoms with E-state index in [2.05, 4.69) is 10.3 Å². The highest BCUT2D eigenvalue weighted by Crippen LogP contribution is 2.46. The van der Waals surface area contributed by atoms with Crippen molar-refractivity contribution < 1.29 is 18.7 Å². The van der Waals surface area contributed by atoms with Gasteiger partial charge in [-0.3, -0.25) is 9.59 Å². The molecular weight excluding hydrogens is 505 g/mol. The molecule has 0 saturated heterocycles. The van der Waals surface area contributed by atoms with Gasteiger partial charge < -0.3 is 25.7 Å². The zero-order valence-corrected chi connectivity index (χ0v) is 21.8. The molecule has 0 unspecified atom stereocenters. The van der Waals surface area contributed by atoms with Crippen molar-refractivity contribution in [3.63, 3.8) is 0 Å². The molecular formula is C25H29ClFN5O3S. The maximum atomic E-state index is 13.7. The number of rotatable bonds is 8. The molecule has 1 saturated carbocycles. The molecule has 0 radical (unpaired) electrons. The van der Waals surface area contributed by atoms with Crippen LogP contribution < -0.4 is 11.1 Å². The van der Waals surface area contributed by atoms with Gasteiger partial charge in [0.25, 0.3) is 5.91 Å². The first kappa shape index (κ1) is 25.0. The van der Waals surface area contributed by atoms with Gasteiger partial charge in [0.05, 0.1) is 29.4 Å². The number of aromatic amines is 1. The van der Waals surface area contributed by atoms with Crippen LogP contribution in [0.15, 0.2) is 18.2 Å². The summed E-state index contributed by atoms with van der Waals surface area (Å²) in [5.41, 5.74) is 7.68. The number of fused-ring (bicyclic) bond motifs is 2. The van der Waals surface area contributed by atoms with Gasteiger partial charge in [-0.25, -0.2) is 9.37 Å². The molecule has 1 atom stereocenters. The van der Waals surface area contributed by atoms with Crippen molar-refractivity contribution in [2.24, 2.45) is 17.1 Å². The Balaban J connectivity index is 1.19. The number of hydrogen-bond donors (Lipinski definition) is 3. The Bertz CT molecular complexity index is 1320. The molecule has 8 nitrogen and oxygen atoms in total. The highest BCUT2D eigenvalue weighted by atomic mass is 35.5. The Labute approximate surface area is 217 Å². The van der Waals surface area contributed by atoms with E-state index >= 15 is 0 Å². The van der Waals surface area contributed by atoms with Crippen LogP contribution in [0.4, 0.5) is 9.52 Å². The molecule has 36 heavy (non-hydrogen) atoms. The minimum atomic E-state index is -0.604. The number of carbonyl (C=O) groups is 2. The zero-order chi connectivity index (χ0) is 25.6. The van der Waals surface area contributed by atoms with Gasteiger partial charge in [0.2, 0.25) is 0 Å². The van der Waals surface area contributed by atoms with Crippen LogP contribution in [-0.2, 0) is 22.5 Å². The van der Waals surface area contributed by atoms with E-state index in [1.807, 2.05) is 13.8 Å². The van der Waals surface area contributed by atoms with Gasteiger partial charge in [0, 0.05) is 35.2 Å². The van der Waals surface area contributed by atoms with E-state index in [1.54, 1.807) is 11.0 Å². The van der Waals surface area contributed by atoms with Crippen LogP contribution in [0.3, 0.4) is 0 Å². The maximum absolute atomic E-state index is 13.7. The predicted octanol–water partition coefficient (Wildman–Crippen LogP) is 4.33. The summed E-state index contributed by atoms with van der Waals surface area (Å²) in [6, 6.07) is 3.64. The van der Waals surface area contributed by atoms with Crippen molar-refractivity contribution in [3.05, 3.63) is 45.3 Å². The lowest BCUT2D eigenvalue weighted by atomic mass is 10.1. The number of anilines is 1. The molecule has 1 aliphatic carbocycles. The average molecular weight is 534 g/mol. The van der Waals surface area contributed by atoms with Gasteiger partial charge in [0.1, 0.15) is 17.6 Å². The van der Waals surface area contributed by atoms with Gasteiger partial charge in [-0.05, 0) is 37.0 Å². The second kappa shape index (κ2) is 9.64. The topological polar surface area (TPSA) is 113 Å². The van der Waals surface area contributed by atoms with Gasteiger partial charge in [-0.2, -0.15) is 0 Å². The summed E-state index contributed by atoms with van der Waals surface area (Å²) in [5, 5.41) is 5.10. The van der Waals surface area contributed by atoms with Gasteiger partial charge in [0.15, 0.2) is 5.13 Å². The van der Waals surface area contributed by atoms with Crippen LogP contribution in [-0.4, -0.2) is 52.5 Å². The summed E-state index contributed by atoms with van der Waals surface area (Å²) >= 11 is 7.67. The third-order valence-electron chi connectivity index (χ3n) is 6.98. The lowest BCUT2D eigenvalue weighted by Gasteiger charge is -2.25. The molecule has 0 spiro atoms. The number of hydrogen-bond acceptors (Lipinski definition) is 7. The van der Waals surface area contributed by atoms with Crippen LogP contribution in [0.5, 0.6) is 0 Å². The molecule has 3 heterocycles. The van der Waals surface area contributed by atoms with Crippen LogP contribution in [0, 0.1) is 17.2 Å². The van der Waals surface area contributed by atoms with Gasteiger partial charge in [-0.1, -0.05) is 36.8 Å². The SMILES string of the molecule is CC(C)[C@H](N)C(=O)OCC1(CNc2nc3c(s2)CN(C(=O)c2cc4c(Cl)cc(F)cc4[nH]2)CC3)CC1. The molecule has 1 amide bonds. The molecule has 0 bridgehead atoms. The standard InChI is InChI=1S/C25H29ClFN5O3S/c1-13(2)21(28)23(34)35-12-25(4-5-25)11-29-24-31-17-3-6-32(10-20(17)36-24)22(33)19-9-15-16(26)7-14(27)8-18(15)30-19/h7-9,13,21,30H,3-6,10-12,28H2,1-2H3,(H,29,31)/t21-/m0/s1. The van der Waals surface area contributed by atoms with Gasteiger partial charge in [-0.15, -0.1) is 0 Å². The first-order valence-corrected chi connectivity index (χ1v) is 13.3. The second-order valence-electron chi connectivity index (χ2n) is 10.1. The van der Waals surface area contributed by atoms with E-state index < -0.39 is 11.9 Å². The monoisotopic (exact) mass is 533 g/mol. The minimum Gasteiger partial charge on any atom is -0.464 e. The Kier molecular flexibility index (Phi) is 6.69. The van der Waals surface area contributed by atoms with Crippen LogP contribution in [0.2, 0.25) is 5.02 Å². The Morgan fingerprint density at radius 2 is 2.14 bits per heavy atom. The molecule has 1 fully saturated rings. The van der Waals surface area contributed by atoms with Crippen LogP contribution in [0.1, 0.15) is 47.7 Å². The number of carbonyl (C=O) groups excluding carboxylic acids is 2. The number of benzene rings is 1. The quantitative estimate of drug-likeness (QED) is 0.371. The van der Waals surface area contributed by atoms with Crippen molar-refractivity contribution in [1.82, 2.24) is 14.9 Å². The molecule has 1 aliphatic heterocycles. The Morgan fingerprint density at radius 3 is 2.86 bits per heavy atom. The fraction of sp³-hybridized carbons (Fsp3) is 0.480. The Hall–Kier alpha value is -2.69. The largest absolute Gasteiger partial charge is 0.464 e. The average Bonchev–Trinajstić information content (AvgIpc) is 3.29. The lowest BCUT2D eigenvalue weighted by Crippen LogP contribution is -2.38. The van der Waals surface area contributed by atoms with Gasteiger partial charge >= 0.3 is 5.97 Å². The van der Waals surface area contributed by atoms with Crippen molar-refractivity contribution in [3.8, 4) is 0 Å². The molecule has 11 heteroatoms. The number of H-pyrrole nitrogens is 1. The summed E-state index contributed by atoms with van der Waals surface area (Å²) in [4.78, 5) is 35.8. The highest BCUT2D eigenvalue weighted by Gasteiger charge is 2.44. The van der Waals surface area contributed by atoms with E-state index in [4.69, 9.17) is 27.1 Å². The number of halogens is 2. The number of nitrogens with one attached hydrogen (secondary N) is 2. The van der Waals surface area contributed by atoms with Crippen molar-refractivity contribution in [1.29, 1.82) is 0 Å². The number of aromatic nitrogens is 2. The fourth-order valence-electron chi connectivity index (χ4n) is 4.30. The predicted molar refractivity (Wildman–Crippen MR) is 138 cm³/mol. The van der Waals surface area contributed by atoms with E-state index in [-0.39, 0.29) is 28.2 Å². The van der Waals surface area contributed by atoms with E-state index in [0.29, 0.717) is 49.3 Å². The second-order valence-corrected chi connectivity index (χ2v) is 11.6. The first-order chi connectivity index (χ1) is 17.1. The molecule has 4 N–H and O–H groups in total. The molecule has 192 valence electrons. The summed E-state index contributed by atoms with van der Waals surface area (Å²) in [5.74, 6) is -0.927. The number of nitrogens with zero attached hydrogens (tertiary/aromatic N) is 2. The normalized spacial score (nSPS) is 17.2. The van der Waals surface area contributed by atoms with Crippen LogP contribution >= 0.6 is 22.9 Å². The van der Waals surface area contributed by atoms with Crippen LogP contribution in [0.25, 0.3) is 10.9 Å². The number of esters is 1. The lowest BCUT2D eigenvalue weighted by molar-refractivity contribution is -0.148. The van der Waals surface area contributed by atoms with E-state index in [1.165, 1.54) is 23.5 Å². The van der Waals surface area contributed by atoms with Crippen molar-refractivity contribution in [2.75, 3.05) is 25.0 Å². The molecule has 2 aromatic heterocycles. The summed E-state index contributed by atoms with van der Waals surface area (Å²) in [7, 11) is 0. The summed E-state index contributed by atoms with van der Waals surface area (Å²) < 4.78 is 19.2. The third-order valence-corrected chi connectivity index (χ3v) is 8.34. The fourth-order valence-corrected chi connectivity index (χ4v) is 5.58. The number of ether oxygens (including phenoxy) is 1. The zero-order valence-electron chi connectivity index (χ0n) is 20.2. The first-order valence-electron chi connectivity index (χ1n) is 12.1. The van der Waals surface area contributed by atoms with E-state index in [0.717, 1.165) is 28.5 Å². The maximum Gasteiger partial charge on any atom is 0.323 e. The molecule has 5 rings (SSSR count). The molecule has 3 aromatic rings. The van der Waals surface area contributed by atoms with E-state index in [9.17, 15) is 14.0 Å². The number of nitrogens with two attached hydrogens (primary N) is 1. The summed E-state index contributed by atoms with van der Waals surface area (Å²) in [6.45, 7) is 5.82. The highest BCUT2D eigenvalue weighted by molar-refractivity contribution is 7.15. The van der Waals surface area contributed by atoms with Crippen molar-refractivity contribution in [2.45, 2.75) is 45.7 Å². The van der Waals surface area contributed by atoms with Crippen molar-refractivity contribution >= 4 is 50.8 Å². The molecule has 2 aliphatic rings. The molecule has 1 aromatic carbocycles. The smallest absolute Gasteiger partial charge is 0.323 e. The number of thiazole rings is 1.